The zero-order valence-electron chi connectivity index (χ0n) is 9.45. The Hall–Kier alpha value is -0.410. The van der Waals surface area contributed by atoms with Crippen molar-refractivity contribution < 1.29 is 0 Å². The van der Waals surface area contributed by atoms with E-state index in [9.17, 15) is 0 Å². The highest BCUT2D eigenvalue weighted by molar-refractivity contribution is 7.07. The van der Waals surface area contributed by atoms with Gasteiger partial charge in [-0.2, -0.15) is 0 Å². The zero-order valence-corrected chi connectivity index (χ0v) is 10.3. The summed E-state index contributed by atoms with van der Waals surface area (Å²) in [6, 6.07) is 0.932. The molecular weight excluding hydrogens is 192 g/mol. The molecule has 0 radical (unpaired) electrons. The molecule has 14 heavy (non-hydrogen) atoms. The normalized spacial score (nSPS) is 15.8. The van der Waals surface area contributed by atoms with Crippen molar-refractivity contribution in [1.29, 1.82) is 0 Å². The van der Waals surface area contributed by atoms with Gasteiger partial charge in [0.25, 0.3) is 0 Å². The topological polar surface area (TPSA) is 24.9 Å². The Morgan fingerprint density at radius 3 is 2.57 bits per heavy atom. The van der Waals surface area contributed by atoms with Crippen LogP contribution in [0, 0.1) is 5.92 Å². The van der Waals surface area contributed by atoms with Crippen molar-refractivity contribution in [3.8, 4) is 0 Å². The lowest BCUT2D eigenvalue weighted by Gasteiger charge is -2.20. The third-order valence-electron chi connectivity index (χ3n) is 2.25. The summed E-state index contributed by atoms with van der Waals surface area (Å²) in [7, 11) is 0. The molecule has 0 amide bonds. The first-order chi connectivity index (χ1) is 6.59. The first kappa shape index (κ1) is 11.7. The standard InChI is InChI=1S/C11H20N2S/c1-8(2)5-9(3)13-10(4)11-6-14-7-12-11/h6-10,13H,5H2,1-4H3. The van der Waals surface area contributed by atoms with Gasteiger partial charge in [-0.05, 0) is 26.2 Å². The lowest BCUT2D eigenvalue weighted by atomic mass is 10.0. The van der Waals surface area contributed by atoms with E-state index in [2.05, 4.69) is 43.4 Å². The molecule has 1 aromatic rings. The lowest BCUT2D eigenvalue weighted by Crippen LogP contribution is -2.30. The van der Waals surface area contributed by atoms with E-state index in [4.69, 9.17) is 0 Å². The second-order valence-electron chi connectivity index (χ2n) is 4.33. The summed E-state index contributed by atoms with van der Waals surface area (Å²) in [5.74, 6) is 0.750. The van der Waals surface area contributed by atoms with Crippen molar-refractivity contribution in [3.05, 3.63) is 16.6 Å². The van der Waals surface area contributed by atoms with Crippen molar-refractivity contribution in [1.82, 2.24) is 10.3 Å². The van der Waals surface area contributed by atoms with E-state index in [1.807, 2.05) is 5.51 Å². The maximum atomic E-state index is 4.30. The smallest absolute Gasteiger partial charge is 0.0795 e. The molecule has 0 aliphatic rings. The molecule has 2 nitrogen and oxygen atoms in total. The van der Waals surface area contributed by atoms with Crippen molar-refractivity contribution in [2.45, 2.75) is 46.2 Å². The Kier molecular flexibility index (Phi) is 4.55. The molecule has 0 saturated heterocycles. The van der Waals surface area contributed by atoms with E-state index in [0.29, 0.717) is 12.1 Å². The highest BCUT2D eigenvalue weighted by atomic mass is 32.1. The summed E-state index contributed by atoms with van der Waals surface area (Å²) in [5, 5.41) is 5.67. The monoisotopic (exact) mass is 212 g/mol. The number of nitrogens with one attached hydrogen (secondary N) is 1. The molecule has 3 heteroatoms. The number of hydrogen-bond donors (Lipinski definition) is 1. The minimum atomic E-state index is 0.370. The molecule has 80 valence electrons. The molecule has 0 fully saturated rings. The molecule has 0 bridgehead atoms. The Bertz CT molecular complexity index is 244. The van der Waals surface area contributed by atoms with Gasteiger partial charge < -0.3 is 5.32 Å². The fourth-order valence-electron chi connectivity index (χ4n) is 1.72. The van der Waals surface area contributed by atoms with E-state index in [0.717, 1.165) is 11.6 Å². The summed E-state index contributed by atoms with van der Waals surface area (Å²) in [5.41, 5.74) is 3.05. The first-order valence-electron chi connectivity index (χ1n) is 5.23. The van der Waals surface area contributed by atoms with Crippen LogP contribution in [0.2, 0.25) is 0 Å². The molecule has 1 aromatic heterocycles. The van der Waals surface area contributed by atoms with Gasteiger partial charge in [-0.25, -0.2) is 4.98 Å². The van der Waals surface area contributed by atoms with Crippen LogP contribution in [0.25, 0.3) is 0 Å². The van der Waals surface area contributed by atoms with Crippen LogP contribution in [-0.4, -0.2) is 11.0 Å². The van der Waals surface area contributed by atoms with Gasteiger partial charge in [-0.15, -0.1) is 11.3 Å². The van der Waals surface area contributed by atoms with E-state index in [-0.39, 0.29) is 0 Å². The Morgan fingerprint density at radius 1 is 1.36 bits per heavy atom. The molecule has 0 aliphatic carbocycles. The SMILES string of the molecule is CC(C)CC(C)NC(C)c1cscn1. The summed E-state index contributed by atoms with van der Waals surface area (Å²) in [6.45, 7) is 8.92. The van der Waals surface area contributed by atoms with Crippen LogP contribution >= 0.6 is 11.3 Å². The Balaban J connectivity index is 2.37. The molecular formula is C11H20N2S. The number of rotatable bonds is 5. The summed E-state index contributed by atoms with van der Waals surface area (Å²) < 4.78 is 0. The third kappa shape index (κ3) is 3.76. The van der Waals surface area contributed by atoms with Gasteiger partial charge in [0.05, 0.1) is 11.2 Å². The van der Waals surface area contributed by atoms with Crippen molar-refractivity contribution >= 4 is 11.3 Å². The van der Waals surface area contributed by atoms with Gasteiger partial charge in [-0.1, -0.05) is 13.8 Å². The summed E-state index contributed by atoms with van der Waals surface area (Å²) in [4.78, 5) is 4.30. The quantitative estimate of drug-likeness (QED) is 0.810. The minimum Gasteiger partial charge on any atom is -0.306 e. The molecule has 1 heterocycles. The average molecular weight is 212 g/mol. The summed E-state index contributed by atoms with van der Waals surface area (Å²) >= 11 is 1.66. The molecule has 1 rings (SSSR count). The second kappa shape index (κ2) is 5.47. The predicted octanol–water partition coefficient (Wildman–Crippen LogP) is 3.23. The van der Waals surface area contributed by atoms with Crippen LogP contribution in [0.5, 0.6) is 0 Å². The molecule has 2 atom stereocenters. The van der Waals surface area contributed by atoms with Gasteiger partial charge in [0.15, 0.2) is 0 Å². The van der Waals surface area contributed by atoms with Gasteiger partial charge in [0, 0.05) is 17.5 Å². The number of hydrogen-bond acceptors (Lipinski definition) is 3. The van der Waals surface area contributed by atoms with Crippen LogP contribution < -0.4 is 5.32 Å². The van der Waals surface area contributed by atoms with Gasteiger partial charge in [0.1, 0.15) is 0 Å². The van der Waals surface area contributed by atoms with Gasteiger partial charge >= 0.3 is 0 Å². The van der Waals surface area contributed by atoms with Crippen molar-refractivity contribution in [2.75, 3.05) is 0 Å². The number of thiazole rings is 1. The fraction of sp³-hybridized carbons (Fsp3) is 0.727. The van der Waals surface area contributed by atoms with E-state index in [1.165, 1.54) is 6.42 Å². The van der Waals surface area contributed by atoms with E-state index < -0.39 is 0 Å². The number of nitrogens with zero attached hydrogens (tertiary/aromatic N) is 1. The van der Waals surface area contributed by atoms with Crippen LogP contribution in [0.4, 0.5) is 0 Å². The highest BCUT2D eigenvalue weighted by Crippen LogP contribution is 2.14. The largest absolute Gasteiger partial charge is 0.306 e. The molecule has 1 N–H and O–H groups in total. The maximum absolute atomic E-state index is 4.30. The lowest BCUT2D eigenvalue weighted by molar-refractivity contribution is 0.404. The van der Waals surface area contributed by atoms with Crippen LogP contribution in [0.15, 0.2) is 10.9 Å². The number of aromatic nitrogens is 1. The van der Waals surface area contributed by atoms with Crippen LogP contribution in [0.1, 0.15) is 45.9 Å². The van der Waals surface area contributed by atoms with Gasteiger partial charge in [0.2, 0.25) is 0 Å². The Morgan fingerprint density at radius 2 is 2.07 bits per heavy atom. The molecule has 0 aromatic carbocycles. The fourth-order valence-corrected chi connectivity index (χ4v) is 2.37. The minimum absolute atomic E-state index is 0.370. The highest BCUT2D eigenvalue weighted by Gasteiger charge is 2.11. The van der Waals surface area contributed by atoms with Crippen LogP contribution in [0.3, 0.4) is 0 Å². The average Bonchev–Trinajstić information content (AvgIpc) is 2.53. The maximum Gasteiger partial charge on any atom is 0.0795 e. The van der Waals surface area contributed by atoms with Crippen molar-refractivity contribution in [2.24, 2.45) is 5.92 Å². The third-order valence-corrected chi connectivity index (χ3v) is 2.86. The molecule has 2 unspecified atom stereocenters. The molecule has 0 spiro atoms. The first-order valence-corrected chi connectivity index (χ1v) is 6.18. The van der Waals surface area contributed by atoms with Crippen molar-refractivity contribution in [3.63, 3.8) is 0 Å². The molecule has 0 saturated carbocycles. The predicted molar refractivity (Wildman–Crippen MR) is 62.6 cm³/mol. The summed E-state index contributed by atoms with van der Waals surface area (Å²) in [6.07, 6.45) is 1.22. The van der Waals surface area contributed by atoms with E-state index >= 15 is 0 Å². The Labute approximate surface area is 90.8 Å². The molecule has 0 aliphatic heterocycles. The second-order valence-corrected chi connectivity index (χ2v) is 5.05. The van der Waals surface area contributed by atoms with Crippen LogP contribution in [-0.2, 0) is 0 Å². The zero-order chi connectivity index (χ0) is 10.6. The van der Waals surface area contributed by atoms with E-state index in [1.54, 1.807) is 11.3 Å². The van der Waals surface area contributed by atoms with Gasteiger partial charge in [-0.3, -0.25) is 0 Å².